The van der Waals surface area contributed by atoms with Gasteiger partial charge in [0, 0.05) is 17.6 Å². The van der Waals surface area contributed by atoms with E-state index < -0.39 is 0 Å². The highest BCUT2D eigenvalue weighted by Crippen LogP contribution is 2.28. The van der Waals surface area contributed by atoms with E-state index in [-0.39, 0.29) is 5.91 Å². The molecule has 0 saturated heterocycles. The van der Waals surface area contributed by atoms with Gasteiger partial charge < -0.3 is 4.90 Å². The summed E-state index contributed by atoms with van der Waals surface area (Å²) in [6, 6.07) is 22.4. The molecular weight excluding hydrogens is 380 g/mol. The highest BCUT2D eigenvalue weighted by atomic mass is 32.2. The third-order valence-electron chi connectivity index (χ3n) is 4.83. The zero-order chi connectivity index (χ0) is 20.2. The van der Waals surface area contributed by atoms with Gasteiger partial charge in [-0.15, -0.1) is 10.2 Å². The van der Waals surface area contributed by atoms with Crippen LogP contribution in [-0.2, 0) is 4.79 Å². The lowest BCUT2D eigenvalue weighted by molar-refractivity contribution is -0.116. The second kappa shape index (κ2) is 8.49. The second-order valence-electron chi connectivity index (χ2n) is 6.74. The lowest BCUT2D eigenvalue weighted by Crippen LogP contribution is -2.32. The van der Waals surface area contributed by atoms with Crippen molar-refractivity contribution in [2.45, 2.75) is 19.0 Å². The summed E-state index contributed by atoms with van der Waals surface area (Å²) >= 11 is 1.40. The highest BCUT2D eigenvalue weighted by Gasteiger charge is 2.18. The van der Waals surface area contributed by atoms with Crippen molar-refractivity contribution in [3.05, 3.63) is 78.6 Å². The zero-order valence-electron chi connectivity index (χ0n) is 16.4. The molecule has 1 amide bonds. The highest BCUT2D eigenvalue weighted by molar-refractivity contribution is 7.99. The third kappa shape index (κ3) is 4.03. The van der Waals surface area contributed by atoms with Crippen LogP contribution in [0.5, 0.6) is 0 Å². The maximum absolute atomic E-state index is 13.1. The van der Waals surface area contributed by atoms with E-state index in [1.54, 1.807) is 6.33 Å². The Labute approximate surface area is 174 Å². The van der Waals surface area contributed by atoms with Gasteiger partial charge in [-0.3, -0.25) is 9.36 Å². The predicted octanol–water partition coefficient (Wildman–Crippen LogP) is 4.87. The SMILES string of the molecule is CCN(C(=O)CSc1nncn1-c1ccc(C)cc1)c1cccc2ccccc12. The lowest BCUT2D eigenvalue weighted by Gasteiger charge is -2.22. The number of aromatic nitrogens is 3. The van der Waals surface area contributed by atoms with E-state index in [0.29, 0.717) is 17.5 Å². The molecule has 0 bridgehead atoms. The topological polar surface area (TPSA) is 51.0 Å². The van der Waals surface area contributed by atoms with Crippen LogP contribution in [0.4, 0.5) is 5.69 Å². The van der Waals surface area contributed by atoms with Crippen molar-refractivity contribution in [3.63, 3.8) is 0 Å². The van der Waals surface area contributed by atoms with Gasteiger partial charge in [0.05, 0.1) is 11.4 Å². The van der Waals surface area contributed by atoms with E-state index >= 15 is 0 Å². The van der Waals surface area contributed by atoms with Crippen LogP contribution in [0.1, 0.15) is 12.5 Å². The van der Waals surface area contributed by atoms with Crippen LogP contribution in [-0.4, -0.2) is 33.0 Å². The number of amides is 1. The smallest absolute Gasteiger partial charge is 0.237 e. The predicted molar refractivity (Wildman–Crippen MR) is 119 cm³/mol. The Bertz CT molecular complexity index is 1130. The van der Waals surface area contributed by atoms with Crippen LogP contribution in [0.3, 0.4) is 0 Å². The minimum Gasteiger partial charge on any atom is -0.311 e. The van der Waals surface area contributed by atoms with Gasteiger partial charge in [-0.1, -0.05) is 65.9 Å². The minimum atomic E-state index is 0.0484. The maximum atomic E-state index is 13.1. The first-order valence-electron chi connectivity index (χ1n) is 9.55. The van der Waals surface area contributed by atoms with Crippen LogP contribution in [0.25, 0.3) is 16.5 Å². The van der Waals surface area contributed by atoms with Gasteiger partial charge in [0.1, 0.15) is 6.33 Å². The molecule has 1 aromatic heterocycles. The molecule has 0 aliphatic rings. The summed E-state index contributed by atoms with van der Waals surface area (Å²) in [7, 11) is 0. The minimum absolute atomic E-state index is 0.0484. The lowest BCUT2D eigenvalue weighted by atomic mass is 10.1. The number of carbonyl (C=O) groups excluding carboxylic acids is 1. The Morgan fingerprint density at radius 1 is 1.03 bits per heavy atom. The molecule has 5 nitrogen and oxygen atoms in total. The molecule has 0 unspecified atom stereocenters. The van der Waals surface area contributed by atoms with Gasteiger partial charge in [-0.25, -0.2) is 0 Å². The summed E-state index contributed by atoms with van der Waals surface area (Å²) in [5.41, 5.74) is 3.12. The summed E-state index contributed by atoms with van der Waals surface area (Å²) in [6.45, 7) is 4.66. The van der Waals surface area contributed by atoms with E-state index in [9.17, 15) is 4.79 Å². The Kier molecular flexibility index (Phi) is 5.62. The molecule has 6 heteroatoms. The summed E-state index contributed by atoms with van der Waals surface area (Å²) in [6.07, 6.45) is 1.68. The summed E-state index contributed by atoms with van der Waals surface area (Å²) in [5.74, 6) is 0.342. The monoisotopic (exact) mass is 402 g/mol. The fraction of sp³-hybridized carbons (Fsp3) is 0.174. The molecule has 0 aliphatic heterocycles. The van der Waals surface area contributed by atoms with Crippen LogP contribution in [0.15, 0.2) is 78.2 Å². The molecule has 0 saturated carbocycles. The number of carbonyl (C=O) groups is 1. The van der Waals surface area contributed by atoms with Crippen molar-refractivity contribution in [3.8, 4) is 5.69 Å². The van der Waals surface area contributed by atoms with Crippen molar-refractivity contribution in [2.75, 3.05) is 17.2 Å². The van der Waals surface area contributed by atoms with Crippen LogP contribution >= 0.6 is 11.8 Å². The van der Waals surface area contributed by atoms with E-state index in [1.165, 1.54) is 17.3 Å². The molecule has 3 aromatic carbocycles. The Hall–Kier alpha value is -3.12. The number of hydrogen-bond donors (Lipinski definition) is 0. The number of anilines is 1. The summed E-state index contributed by atoms with van der Waals surface area (Å²) in [5, 5.41) is 11.1. The average Bonchev–Trinajstić information content (AvgIpc) is 3.22. The van der Waals surface area contributed by atoms with Gasteiger partial charge in [-0.05, 0) is 37.4 Å². The first kappa shape index (κ1) is 19.2. The number of rotatable bonds is 6. The first-order valence-corrected chi connectivity index (χ1v) is 10.5. The van der Waals surface area contributed by atoms with E-state index in [0.717, 1.165) is 22.1 Å². The van der Waals surface area contributed by atoms with E-state index in [1.807, 2.05) is 64.9 Å². The molecule has 146 valence electrons. The van der Waals surface area contributed by atoms with Crippen LogP contribution in [0, 0.1) is 6.92 Å². The molecule has 4 rings (SSSR count). The Morgan fingerprint density at radius 3 is 2.59 bits per heavy atom. The van der Waals surface area contributed by atoms with Crippen molar-refractivity contribution in [1.29, 1.82) is 0 Å². The quantitative estimate of drug-likeness (QED) is 0.432. The maximum Gasteiger partial charge on any atom is 0.237 e. The Morgan fingerprint density at radius 2 is 1.79 bits per heavy atom. The normalized spacial score (nSPS) is 11.0. The number of fused-ring (bicyclic) bond motifs is 1. The van der Waals surface area contributed by atoms with Crippen molar-refractivity contribution in [2.24, 2.45) is 0 Å². The zero-order valence-corrected chi connectivity index (χ0v) is 17.3. The average molecular weight is 403 g/mol. The van der Waals surface area contributed by atoms with E-state index in [2.05, 4.69) is 35.3 Å². The number of benzene rings is 3. The van der Waals surface area contributed by atoms with Crippen molar-refractivity contribution >= 4 is 34.1 Å². The molecule has 1 heterocycles. The molecule has 0 atom stereocenters. The third-order valence-corrected chi connectivity index (χ3v) is 5.76. The molecule has 0 fully saturated rings. The van der Waals surface area contributed by atoms with Crippen molar-refractivity contribution in [1.82, 2.24) is 14.8 Å². The van der Waals surface area contributed by atoms with Crippen molar-refractivity contribution < 1.29 is 4.79 Å². The molecule has 4 aromatic rings. The molecule has 0 aliphatic carbocycles. The molecule has 0 radical (unpaired) electrons. The van der Waals surface area contributed by atoms with Gasteiger partial charge in [0.25, 0.3) is 0 Å². The number of thioether (sulfide) groups is 1. The first-order chi connectivity index (χ1) is 14.2. The largest absolute Gasteiger partial charge is 0.311 e. The van der Waals surface area contributed by atoms with Gasteiger partial charge in [0.2, 0.25) is 5.91 Å². The van der Waals surface area contributed by atoms with Crippen LogP contribution < -0.4 is 4.90 Å². The fourth-order valence-corrected chi connectivity index (χ4v) is 4.14. The summed E-state index contributed by atoms with van der Waals surface area (Å²) < 4.78 is 1.91. The Balaban J connectivity index is 1.54. The number of nitrogens with zero attached hydrogens (tertiary/aromatic N) is 4. The number of hydrogen-bond acceptors (Lipinski definition) is 4. The van der Waals surface area contributed by atoms with Gasteiger partial charge >= 0.3 is 0 Å². The standard InChI is InChI=1S/C23H22N4OS/c1-3-26(21-10-6-8-18-7-4-5-9-20(18)21)22(28)15-29-23-25-24-16-27(23)19-13-11-17(2)12-14-19/h4-14,16H,3,15H2,1-2H3. The molecule has 0 N–H and O–H groups in total. The van der Waals surface area contributed by atoms with Gasteiger partial charge in [-0.2, -0.15) is 0 Å². The fourth-order valence-electron chi connectivity index (χ4n) is 3.33. The van der Waals surface area contributed by atoms with Gasteiger partial charge in [0.15, 0.2) is 5.16 Å². The molecular formula is C23H22N4OS. The number of aryl methyl sites for hydroxylation is 1. The second-order valence-corrected chi connectivity index (χ2v) is 7.69. The molecule has 29 heavy (non-hydrogen) atoms. The van der Waals surface area contributed by atoms with E-state index in [4.69, 9.17) is 0 Å². The summed E-state index contributed by atoms with van der Waals surface area (Å²) in [4.78, 5) is 14.9. The van der Waals surface area contributed by atoms with Crippen LogP contribution in [0.2, 0.25) is 0 Å². The molecule has 0 spiro atoms.